The highest BCUT2D eigenvalue weighted by Gasteiger charge is 2.25. The molecule has 3 rings (SSSR count). The average molecular weight is 253 g/mol. The number of rotatable bonds is 1. The maximum atomic E-state index is 12.8. The summed E-state index contributed by atoms with van der Waals surface area (Å²) in [4.78, 5) is 27.8. The summed E-state index contributed by atoms with van der Waals surface area (Å²) in [7, 11) is 0. The SMILES string of the molecule is O=C1C=C(c2ccc(F)nc2)C(=O)c2ccccc21. The van der Waals surface area contributed by atoms with E-state index in [-0.39, 0.29) is 17.1 Å². The molecule has 0 fully saturated rings. The number of allylic oxidation sites excluding steroid dienone is 2. The van der Waals surface area contributed by atoms with Crippen LogP contribution >= 0.6 is 0 Å². The van der Waals surface area contributed by atoms with Crippen LogP contribution in [0.15, 0.2) is 48.7 Å². The van der Waals surface area contributed by atoms with Crippen molar-refractivity contribution in [2.24, 2.45) is 0 Å². The molecule has 0 bridgehead atoms. The molecule has 0 saturated carbocycles. The van der Waals surface area contributed by atoms with E-state index in [0.29, 0.717) is 16.7 Å². The number of carbonyl (C=O) groups is 2. The molecule has 1 heterocycles. The minimum Gasteiger partial charge on any atom is -0.289 e. The van der Waals surface area contributed by atoms with Crippen molar-refractivity contribution in [1.29, 1.82) is 0 Å². The first-order valence-electron chi connectivity index (χ1n) is 5.68. The van der Waals surface area contributed by atoms with Crippen LogP contribution in [0.1, 0.15) is 26.3 Å². The molecular weight excluding hydrogens is 245 g/mol. The van der Waals surface area contributed by atoms with Gasteiger partial charge in [-0.05, 0) is 18.2 Å². The number of ketones is 2. The van der Waals surface area contributed by atoms with E-state index in [9.17, 15) is 14.0 Å². The Kier molecular flexibility index (Phi) is 2.56. The number of halogens is 1. The van der Waals surface area contributed by atoms with Gasteiger partial charge in [0.25, 0.3) is 0 Å². The first-order chi connectivity index (χ1) is 9.16. The predicted molar refractivity (Wildman–Crippen MR) is 67.3 cm³/mol. The van der Waals surface area contributed by atoms with Crippen LogP contribution < -0.4 is 0 Å². The minimum atomic E-state index is -0.626. The Hall–Kier alpha value is -2.62. The number of carbonyl (C=O) groups excluding carboxylic acids is 2. The summed E-state index contributed by atoms with van der Waals surface area (Å²) in [6, 6.07) is 9.24. The molecule has 0 unspecified atom stereocenters. The quantitative estimate of drug-likeness (QED) is 0.734. The number of pyridine rings is 1. The molecule has 1 aliphatic rings. The van der Waals surface area contributed by atoms with Crippen molar-refractivity contribution in [3.05, 3.63) is 71.3 Å². The van der Waals surface area contributed by atoms with E-state index < -0.39 is 5.95 Å². The van der Waals surface area contributed by atoms with E-state index in [1.165, 1.54) is 18.3 Å². The summed E-state index contributed by atoms with van der Waals surface area (Å²) < 4.78 is 12.8. The lowest BCUT2D eigenvalue weighted by Crippen LogP contribution is -2.16. The zero-order chi connectivity index (χ0) is 13.4. The van der Waals surface area contributed by atoms with Crippen molar-refractivity contribution in [1.82, 2.24) is 4.98 Å². The summed E-state index contributed by atoms with van der Waals surface area (Å²) in [6.07, 6.45) is 2.53. The van der Waals surface area contributed by atoms with E-state index in [1.54, 1.807) is 24.3 Å². The monoisotopic (exact) mass is 253 g/mol. The van der Waals surface area contributed by atoms with Crippen LogP contribution in [0.3, 0.4) is 0 Å². The summed E-state index contributed by atoms with van der Waals surface area (Å²) in [6.45, 7) is 0. The van der Waals surface area contributed by atoms with Gasteiger partial charge in [-0.1, -0.05) is 24.3 Å². The number of benzene rings is 1. The molecule has 0 spiro atoms. The predicted octanol–water partition coefficient (Wildman–Crippen LogP) is 2.68. The molecule has 92 valence electrons. The molecule has 0 radical (unpaired) electrons. The van der Waals surface area contributed by atoms with E-state index >= 15 is 0 Å². The van der Waals surface area contributed by atoms with Crippen molar-refractivity contribution < 1.29 is 14.0 Å². The molecule has 4 heteroatoms. The molecular formula is C15H8FNO2. The number of aromatic nitrogens is 1. The van der Waals surface area contributed by atoms with Crippen LogP contribution in [0.25, 0.3) is 5.57 Å². The standard InChI is InChI=1S/C15H8FNO2/c16-14-6-5-9(8-17-14)12-7-13(18)10-3-1-2-4-11(10)15(12)19/h1-8H. The zero-order valence-corrected chi connectivity index (χ0v) is 9.76. The fourth-order valence-corrected chi connectivity index (χ4v) is 2.07. The zero-order valence-electron chi connectivity index (χ0n) is 9.76. The molecule has 0 saturated heterocycles. The van der Waals surface area contributed by atoms with Gasteiger partial charge < -0.3 is 0 Å². The second-order valence-electron chi connectivity index (χ2n) is 4.17. The molecule has 1 aromatic heterocycles. The van der Waals surface area contributed by atoms with Gasteiger partial charge in [-0.3, -0.25) is 9.59 Å². The van der Waals surface area contributed by atoms with Crippen molar-refractivity contribution in [3.63, 3.8) is 0 Å². The molecule has 1 aromatic carbocycles. The second-order valence-corrected chi connectivity index (χ2v) is 4.17. The Morgan fingerprint density at radius 3 is 2.37 bits per heavy atom. The normalized spacial score (nSPS) is 14.1. The number of nitrogens with zero attached hydrogens (tertiary/aromatic N) is 1. The first-order valence-corrected chi connectivity index (χ1v) is 5.68. The highest BCUT2D eigenvalue weighted by molar-refractivity contribution is 6.38. The van der Waals surface area contributed by atoms with Gasteiger partial charge in [-0.15, -0.1) is 0 Å². The van der Waals surface area contributed by atoms with Crippen LogP contribution in [0.4, 0.5) is 4.39 Å². The summed E-state index contributed by atoms with van der Waals surface area (Å²) in [5, 5.41) is 0. The minimum absolute atomic E-state index is 0.227. The Morgan fingerprint density at radius 1 is 0.947 bits per heavy atom. The van der Waals surface area contributed by atoms with Crippen LogP contribution in [-0.2, 0) is 0 Å². The van der Waals surface area contributed by atoms with E-state index in [0.717, 1.165) is 6.07 Å². The van der Waals surface area contributed by atoms with Gasteiger partial charge in [0, 0.05) is 28.5 Å². The van der Waals surface area contributed by atoms with Gasteiger partial charge in [0.15, 0.2) is 11.6 Å². The molecule has 1 aliphatic carbocycles. The third-order valence-electron chi connectivity index (χ3n) is 3.00. The van der Waals surface area contributed by atoms with Gasteiger partial charge in [-0.2, -0.15) is 4.39 Å². The second kappa shape index (κ2) is 4.24. The lowest BCUT2D eigenvalue weighted by molar-refractivity contribution is 0.100. The van der Waals surface area contributed by atoms with E-state index in [2.05, 4.69) is 4.98 Å². The van der Waals surface area contributed by atoms with Gasteiger partial charge in [0.05, 0.1) is 0 Å². The summed E-state index contributed by atoms with van der Waals surface area (Å²) in [5.41, 5.74) is 1.45. The van der Waals surface area contributed by atoms with Crippen LogP contribution in [0, 0.1) is 5.95 Å². The van der Waals surface area contributed by atoms with Crippen molar-refractivity contribution in [2.75, 3.05) is 0 Å². The lowest BCUT2D eigenvalue weighted by Gasteiger charge is -2.14. The topological polar surface area (TPSA) is 47.0 Å². The Balaban J connectivity index is 2.13. The average Bonchev–Trinajstić information content (AvgIpc) is 2.44. The third-order valence-corrected chi connectivity index (χ3v) is 3.00. The van der Waals surface area contributed by atoms with E-state index in [1.807, 2.05) is 0 Å². The van der Waals surface area contributed by atoms with Crippen LogP contribution in [0.5, 0.6) is 0 Å². The highest BCUT2D eigenvalue weighted by Crippen LogP contribution is 2.27. The smallest absolute Gasteiger partial charge is 0.212 e. The maximum Gasteiger partial charge on any atom is 0.212 e. The van der Waals surface area contributed by atoms with Gasteiger partial charge >= 0.3 is 0 Å². The molecule has 0 amide bonds. The van der Waals surface area contributed by atoms with Gasteiger partial charge in [0.2, 0.25) is 5.95 Å². The molecule has 3 nitrogen and oxygen atoms in total. The molecule has 19 heavy (non-hydrogen) atoms. The molecule has 0 N–H and O–H groups in total. The fraction of sp³-hybridized carbons (Fsp3) is 0. The summed E-state index contributed by atoms with van der Waals surface area (Å²) >= 11 is 0. The Bertz CT molecular complexity index is 717. The first kappa shape index (κ1) is 11.5. The highest BCUT2D eigenvalue weighted by atomic mass is 19.1. The number of hydrogen-bond acceptors (Lipinski definition) is 3. The van der Waals surface area contributed by atoms with Crippen LogP contribution in [-0.4, -0.2) is 16.6 Å². The number of Topliss-reactive ketones (excluding diaryl/α,β-unsaturated/α-hetero) is 1. The maximum absolute atomic E-state index is 12.8. The summed E-state index contributed by atoms with van der Waals surface area (Å²) in [5.74, 6) is -1.10. The lowest BCUT2D eigenvalue weighted by atomic mass is 9.87. The Morgan fingerprint density at radius 2 is 1.68 bits per heavy atom. The van der Waals surface area contributed by atoms with E-state index in [4.69, 9.17) is 0 Å². The number of fused-ring (bicyclic) bond motifs is 1. The van der Waals surface area contributed by atoms with Crippen molar-refractivity contribution in [2.45, 2.75) is 0 Å². The number of hydrogen-bond donors (Lipinski definition) is 0. The van der Waals surface area contributed by atoms with Gasteiger partial charge in [-0.25, -0.2) is 4.98 Å². The van der Waals surface area contributed by atoms with Crippen molar-refractivity contribution >= 4 is 17.1 Å². The van der Waals surface area contributed by atoms with Crippen molar-refractivity contribution in [3.8, 4) is 0 Å². The molecule has 0 aliphatic heterocycles. The van der Waals surface area contributed by atoms with Crippen LogP contribution in [0.2, 0.25) is 0 Å². The molecule has 0 atom stereocenters. The molecule has 2 aromatic rings. The van der Waals surface area contributed by atoms with Gasteiger partial charge in [0.1, 0.15) is 0 Å². The Labute approximate surface area is 108 Å². The fourth-order valence-electron chi connectivity index (χ4n) is 2.07. The third kappa shape index (κ3) is 1.87. The largest absolute Gasteiger partial charge is 0.289 e.